The fourth-order valence-electron chi connectivity index (χ4n) is 1.86. The molecule has 0 saturated carbocycles. The molecule has 90 valence electrons. The molecule has 4 nitrogen and oxygen atoms in total. The predicted octanol–water partition coefficient (Wildman–Crippen LogP) is 2.23. The van der Waals surface area contributed by atoms with Crippen molar-refractivity contribution >= 4 is 0 Å². The van der Waals surface area contributed by atoms with Crippen LogP contribution in [0.25, 0.3) is 11.4 Å². The van der Waals surface area contributed by atoms with Crippen LogP contribution in [0, 0.1) is 6.92 Å². The zero-order valence-electron chi connectivity index (χ0n) is 10.3. The van der Waals surface area contributed by atoms with E-state index in [9.17, 15) is 0 Å². The van der Waals surface area contributed by atoms with E-state index in [4.69, 9.17) is 5.73 Å². The second kappa shape index (κ2) is 5.10. The van der Waals surface area contributed by atoms with E-state index >= 15 is 0 Å². The van der Waals surface area contributed by atoms with E-state index in [0.717, 1.165) is 29.3 Å². The van der Waals surface area contributed by atoms with Crippen LogP contribution < -0.4 is 5.73 Å². The van der Waals surface area contributed by atoms with Gasteiger partial charge in [-0.05, 0) is 32.0 Å². The topological polar surface area (TPSA) is 67.6 Å². The minimum atomic E-state index is 0.358. The molecule has 1 unspecified atom stereocenters. The molecule has 4 heteroatoms. The van der Waals surface area contributed by atoms with Crippen molar-refractivity contribution in [3.05, 3.63) is 35.9 Å². The second-order valence-electron chi connectivity index (χ2n) is 4.29. The van der Waals surface area contributed by atoms with Crippen molar-refractivity contribution in [3.8, 4) is 11.4 Å². The Balaban J connectivity index is 2.31. The Morgan fingerprint density at radius 2 is 2.24 bits per heavy atom. The summed E-state index contributed by atoms with van der Waals surface area (Å²) in [6.07, 6.45) is 2.72. The molecule has 0 aromatic carbocycles. The Morgan fingerprint density at radius 1 is 1.41 bits per heavy atom. The van der Waals surface area contributed by atoms with Crippen LogP contribution in [0.4, 0.5) is 0 Å². The van der Waals surface area contributed by atoms with Gasteiger partial charge >= 0.3 is 0 Å². The summed E-state index contributed by atoms with van der Waals surface area (Å²) in [6, 6.07) is 5.85. The summed E-state index contributed by atoms with van der Waals surface area (Å²) >= 11 is 0. The molecule has 0 amide bonds. The second-order valence-corrected chi connectivity index (χ2v) is 4.29. The highest BCUT2D eigenvalue weighted by molar-refractivity contribution is 5.57. The summed E-state index contributed by atoms with van der Waals surface area (Å²) in [7, 11) is 0. The smallest absolute Gasteiger partial charge is 0.110 e. The first-order valence-corrected chi connectivity index (χ1v) is 5.90. The van der Waals surface area contributed by atoms with E-state index in [0.29, 0.717) is 12.5 Å². The molecule has 3 N–H and O–H groups in total. The van der Waals surface area contributed by atoms with Crippen molar-refractivity contribution in [2.24, 2.45) is 5.73 Å². The van der Waals surface area contributed by atoms with Gasteiger partial charge < -0.3 is 10.7 Å². The summed E-state index contributed by atoms with van der Waals surface area (Å²) in [6.45, 7) is 4.84. The molecule has 0 radical (unpaired) electrons. The highest BCUT2D eigenvalue weighted by Crippen LogP contribution is 2.23. The number of H-pyrrole nitrogens is 1. The van der Waals surface area contributed by atoms with E-state index in [1.165, 1.54) is 0 Å². The number of imidazole rings is 1. The van der Waals surface area contributed by atoms with Gasteiger partial charge in [-0.25, -0.2) is 4.98 Å². The van der Waals surface area contributed by atoms with Gasteiger partial charge in [0.15, 0.2) is 0 Å². The minimum Gasteiger partial charge on any atom is -0.345 e. The van der Waals surface area contributed by atoms with Crippen LogP contribution in [0.2, 0.25) is 0 Å². The lowest BCUT2D eigenvalue weighted by atomic mass is 10.1. The van der Waals surface area contributed by atoms with Crippen LogP contribution in [-0.2, 0) is 0 Å². The van der Waals surface area contributed by atoms with Crippen molar-refractivity contribution in [3.63, 3.8) is 0 Å². The molecule has 0 bridgehead atoms. The monoisotopic (exact) mass is 230 g/mol. The average molecular weight is 230 g/mol. The normalized spacial score (nSPS) is 12.6. The Bertz CT molecular complexity index is 475. The molecule has 17 heavy (non-hydrogen) atoms. The van der Waals surface area contributed by atoms with Crippen LogP contribution in [0.5, 0.6) is 0 Å². The van der Waals surface area contributed by atoms with E-state index in [1.54, 1.807) is 6.20 Å². The molecule has 0 spiro atoms. The largest absolute Gasteiger partial charge is 0.345 e. The lowest BCUT2D eigenvalue weighted by Crippen LogP contribution is -2.05. The highest BCUT2D eigenvalue weighted by Gasteiger charge is 2.13. The SMILES string of the molecule is Cc1[nH]c(C(C)CCN)nc1-c1ccccn1. The summed E-state index contributed by atoms with van der Waals surface area (Å²) < 4.78 is 0. The lowest BCUT2D eigenvalue weighted by molar-refractivity contribution is 0.654. The van der Waals surface area contributed by atoms with E-state index in [2.05, 4.69) is 21.9 Å². The molecule has 0 aliphatic rings. The van der Waals surface area contributed by atoms with Gasteiger partial charge in [0, 0.05) is 17.8 Å². The molecule has 0 fully saturated rings. The predicted molar refractivity (Wildman–Crippen MR) is 68.6 cm³/mol. The maximum Gasteiger partial charge on any atom is 0.110 e. The maximum atomic E-state index is 5.57. The summed E-state index contributed by atoms with van der Waals surface area (Å²) in [5.41, 5.74) is 8.47. The number of hydrogen-bond acceptors (Lipinski definition) is 3. The zero-order chi connectivity index (χ0) is 12.3. The van der Waals surface area contributed by atoms with Crippen molar-refractivity contribution in [2.45, 2.75) is 26.2 Å². The Hall–Kier alpha value is -1.68. The number of nitrogens with zero attached hydrogens (tertiary/aromatic N) is 2. The Labute approximate surface area is 101 Å². The van der Waals surface area contributed by atoms with Gasteiger partial charge in [-0.1, -0.05) is 13.0 Å². The standard InChI is InChI=1S/C13H18N4/c1-9(6-7-14)13-16-10(2)12(17-13)11-5-3-4-8-15-11/h3-5,8-9H,6-7,14H2,1-2H3,(H,16,17). The van der Waals surface area contributed by atoms with Gasteiger partial charge in [-0.3, -0.25) is 4.98 Å². The molecule has 2 aromatic heterocycles. The first kappa shape index (κ1) is 11.8. The van der Waals surface area contributed by atoms with Gasteiger partial charge in [0.2, 0.25) is 0 Å². The maximum absolute atomic E-state index is 5.57. The molecular formula is C13H18N4. The van der Waals surface area contributed by atoms with Crippen LogP contribution >= 0.6 is 0 Å². The first-order valence-electron chi connectivity index (χ1n) is 5.90. The number of aromatic amines is 1. The van der Waals surface area contributed by atoms with Crippen molar-refractivity contribution in [2.75, 3.05) is 6.54 Å². The van der Waals surface area contributed by atoms with Gasteiger partial charge in [0.25, 0.3) is 0 Å². The molecule has 2 aromatic rings. The molecule has 0 saturated heterocycles. The third-order valence-corrected chi connectivity index (χ3v) is 2.88. The Kier molecular flexibility index (Phi) is 3.54. The molecule has 2 rings (SSSR count). The number of nitrogens with one attached hydrogen (secondary N) is 1. The van der Waals surface area contributed by atoms with Crippen LogP contribution in [0.15, 0.2) is 24.4 Å². The van der Waals surface area contributed by atoms with Crippen molar-refractivity contribution in [1.82, 2.24) is 15.0 Å². The lowest BCUT2D eigenvalue weighted by Gasteiger charge is -2.04. The molecular weight excluding hydrogens is 212 g/mol. The van der Waals surface area contributed by atoms with Gasteiger partial charge in [-0.2, -0.15) is 0 Å². The fourth-order valence-corrected chi connectivity index (χ4v) is 1.86. The van der Waals surface area contributed by atoms with Crippen LogP contribution in [0.3, 0.4) is 0 Å². The number of aryl methyl sites for hydroxylation is 1. The van der Waals surface area contributed by atoms with Crippen molar-refractivity contribution in [1.29, 1.82) is 0 Å². The number of aromatic nitrogens is 3. The summed E-state index contributed by atoms with van der Waals surface area (Å²) in [5.74, 6) is 1.35. The van der Waals surface area contributed by atoms with Crippen LogP contribution in [0.1, 0.15) is 30.8 Å². The fraction of sp³-hybridized carbons (Fsp3) is 0.385. The van der Waals surface area contributed by atoms with E-state index in [-0.39, 0.29) is 0 Å². The third kappa shape index (κ3) is 2.53. The van der Waals surface area contributed by atoms with Gasteiger partial charge in [-0.15, -0.1) is 0 Å². The summed E-state index contributed by atoms with van der Waals surface area (Å²) in [4.78, 5) is 12.3. The summed E-state index contributed by atoms with van der Waals surface area (Å²) in [5, 5.41) is 0. The van der Waals surface area contributed by atoms with E-state index < -0.39 is 0 Å². The van der Waals surface area contributed by atoms with Gasteiger partial charge in [0.05, 0.1) is 5.69 Å². The zero-order valence-corrected chi connectivity index (χ0v) is 10.3. The van der Waals surface area contributed by atoms with Gasteiger partial charge in [0.1, 0.15) is 11.5 Å². The molecule has 0 aliphatic carbocycles. The Morgan fingerprint density at radius 3 is 2.88 bits per heavy atom. The number of pyridine rings is 1. The molecule has 0 aliphatic heterocycles. The minimum absolute atomic E-state index is 0.358. The first-order chi connectivity index (χ1) is 8.22. The number of rotatable bonds is 4. The van der Waals surface area contributed by atoms with Crippen LogP contribution in [-0.4, -0.2) is 21.5 Å². The third-order valence-electron chi connectivity index (χ3n) is 2.88. The quantitative estimate of drug-likeness (QED) is 0.846. The highest BCUT2D eigenvalue weighted by atomic mass is 15.0. The average Bonchev–Trinajstić information content (AvgIpc) is 2.73. The number of hydrogen-bond donors (Lipinski definition) is 2. The van der Waals surface area contributed by atoms with Crippen molar-refractivity contribution < 1.29 is 0 Å². The number of nitrogens with two attached hydrogens (primary N) is 1. The molecule has 1 atom stereocenters. The van der Waals surface area contributed by atoms with E-state index in [1.807, 2.05) is 25.1 Å². The molecule has 2 heterocycles.